The van der Waals surface area contributed by atoms with Crippen molar-refractivity contribution in [1.29, 1.82) is 0 Å². The van der Waals surface area contributed by atoms with E-state index in [-0.39, 0.29) is 29.6 Å². The zero-order chi connectivity index (χ0) is 12.9. The van der Waals surface area contributed by atoms with Gasteiger partial charge in [-0.15, -0.1) is 0 Å². The van der Waals surface area contributed by atoms with Crippen molar-refractivity contribution in [2.45, 2.75) is 71.1 Å². The topological polar surface area (TPSA) is 40.5 Å². The first-order valence-electron chi connectivity index (χ1n) is 7.12. The summed E-state index contributed by atoms with van der Waals surface area (Å²) in [4.78, 5) is 11.9. The Hall–Kier alpha value is 0.270. The zero-order valence-electron chi connectivity index (χ0n) is 11.6. The first kappa shape index (κ1) is 20.6. The monoisotopic (exact) mass is 267 g/mol. The maximum absolute atomic E-state index is 10.5. The molecule has 104 valence electrons. The van der Waals surface area contributed by atoms with Gasteiger partial charge < -0.3 is 10.0 Å². The Bertz CT molecular complexity index is 189. The summed E-state index contributed by atoms with van der Waals surface area (Å²) in [7, 11) is 1.63. The fraction of sp³-hybridized carbons (Fsp3) is 0.929. The number of nitrogens with zero attached hydrogens (tertiary/aromatic N) is 1. The van der Waals surface area contributed by atoms with Gasteiger partial charge in [0.15, 0.2) is 0 Å². The quantitative estimate of drug-likeness (QED) is 0.456. The number of rotatable bonds is 11. The standard InChI is InChI=1S/C14H29NO2.Na.H/c1-3-4-5-6-7-8-9-10-11-12-13-15(2)14(16)17;;/h3-13H2,1-2H3,(H,16,17);;. The third kappa shape index (κ3) is 14.3. The molecular formula is C14H30NNaO2. The van der Waals surface area contributed by atoms with Gasteiger partial charge >= 0.3 is 35.7 Å². The Labute approximate surface area is 135 Å². The van der Waals surface area contributed by atoms with Crippen molar-refractivity contribution in [1.82, 2.24) is 4.90 Å². The molecule has 18 heavy (non-hydrogen) atoms. The molecule has 0 heterocycles. The van der Waals surface area contributed by atoms with E-state index in [1.165, 1.54) is 56.3 Å². The molecule has 0 bridgehead atoms. The van der Waals surface area contributed by atoms with Crippen LogP contribution >= 0.6 is 0 Å². The van der Waals surface area contributed by atoms with Gasteiger partial charge in [0.25, 0.3) is 0 Å². The molecule has 1 N–H and O–H groups in total. The van der Waals surface area contributed by atoms with E-state index in [0.717, 1.165) is 12.8 Å². The van der Waals surface area contributed by atoms with Gasteiger partial charge in [0.1, 0.15) is 0 Å². The Morgan fingerprint density at radius 1 is 0.889 bits per heavy atom. The summed E-state index contributed by atoms with van der Waals surface area (Å²) in [6, 6.07) is 0. The van der Waals surface area contributed by atoms with E-state index >= 15 is 0 Å². The second-order valence-electron chi connectivity index (χ2n) is 4.89. The second-order valence-corrected chi connectivity index (χ2v) is 4.89. The van der Waals surface area contributed by atoms with Crippen LogP contribution in [0.3, 0.4) is 0 Å². The molecule has 1 amide bonds. The summed E-state index contributed by atoms with van der Waals surface area (Å²) in [5.41, 5.74) is 0. The van der Waals surface area contributed by atoms with Crippen molar-refractivity contribution < 1.29 is 9.90 Å². The summed E-state index contributed by atoms with van der Waals surface area (Å²) >= 11 is 0. The van der Waals surface area contributed by atoms with Gasteiger partial charge in [-0.3, -0.25) is 0 Å². The first-order chi connectivity index (χ1) is 8.18. The molecule has 0 aliphatic rings. The van der Waals surface area contributed by atoms with E-state index in [1.807, 2.05) is 0 Å². The van der Waals surface area contributed by atoms with Crippen molar-refractivity contribution in [3.8, 4) is 0 Å². The molecule has 0 saturated carbocycles. The van der Waals surface area contributed by atoms with Crippen LogP contribution in [0.1, 0.15) is 71.1 Å². The minimum absolute atomic E-state index is 0. The van der Waals surface area contributed by atoms with Crippen LogP contribution in [0.4, 0.5) is 4.79 Å². The van der Waals surface area contributed by atoms with Crippen LogP contribution in [-0.2, 0) is 0 Å². The van der Waals surface area contributed by atoms with Crippen LogP contribution in [0.25, 0.3) is 0 Å². The van der Waals surface area contributed by atoms with Gasteiger partial charge in [-0.25, -0.2) is 4.79 Å². The van der Waals surface area contributed by atoms with Crippen molar-refractivity contribution in [2.75, 3.05) is 13.6 Å². The van der Waals surface area contributed by atoms with Crippen LogP contribution in [0.5, 0.6) is 0 Å². The number of hydrogen-bond acceptors (Lipinski definition) is 1. The van der Waals surface area contributed by atoms with E-state index < -0.39 is 6.09 Å². The zero-order valence-corrected chi connectivity index (χ0v) is 11.6. The van der Waals surface area contributed by atoms with E-state index in [0.29, 0.717) is 6.54 Å². The van der Waals surface area contributed by atoms with Crippen LogP contribution < -0.4 is 0 Å². The van der Waals surface area contributed by atoms with Gasteiger partial charge in [-0.1, -0.05) is 64.7 Å². The number of carbonyl (C=O) groups is 1. The molecule has 0 unspecified atom stereocenters. The molecule has 0 aromatic heterocycles. The third-order valence-corrected chi connectivity index (χ3v) is 3.17. The fourth-order valence-corrected chi connectivity index (χ4v) is 1.93. The Balaban J connectivity index is 0. The van der Waals surface area contributed by atoms with Gasteiger partial charge in [0, 0.05) is 13.6 Å². The normalized spacial score (nSPS) is 9.89. The molecule has 0 aromatic rings. The van der Waals surface area contributed by atoms with Gasteiger partial charge in [-0.05, 0) is 6.42 Å². The summed E-state index contributed by atoms with van der Waals surface area (Å²) < 4.78 is 0. The van der Waals surface area contributed by atoms with Crippen molar-refractivity contribution in [2.24, 2.45) is 0 Å². The molecule has 0 aromatic carbocycles. The SMILES string of the molecule is CCCCCCCCCCCCN(C)C(=O)O.[NaH]. The van der Waals surface area contributed by atoms with Crippen LogP contribution in [0.15, 0.2) is 0 Å². The molecule has 3 nitrogen and oxygen atoms in total. The van der Waals surface area contributed by atoms with E-state index in [4.69, 9.17) is 5.11 Å². The Morgan fingerprint density at radius 3 is 1.67 bits per heavy atom. The summed E-state index contributed by atoms with van der Waals surface area (Å²) in [5.74, 6) is 0. The summed E-state index contributed by atoms with van der Waals surface area (Å²) in [5, 5.41) is 8.65. The average Bonchev–Trinajstić information content (AvgIpc) is 2.31. The molecule has 0 saturated heterocycles. The van der Waals surface area contributed by atoms with E-state index in [1.54, 1.807) is 7.05 Å². The predicted molar refractivity (Wildman–Crippen MR) is 79.6 cm³/mol. The van der Waals surface area contributed by atoms with Gasteiger partial charge in [-0.2, -0.15) is 0 Å². The minimum atomic E-state index is -0.819. The number of unbranched alkanes of at least 4 members (excludes halogenated alkanes) is 9. The van der Waals surface area contributed by atoms with Crippen molar-refractivity contribution >= 4 is 35.7 Å². The van der Waals surface area contributed by atoms with E-state index in [9.17, 15) is 4.79 Å². The van der Waals surface area contributed by atoms with Crippen molar-refractivity contribution in [3.05, 3.63) is 0 Å². The Morgan fingerprint density at radius 2 is 1.28 bits per heavy atom. The van der Waals surface area contributed by atoms with E-state index in [2.05, 4.69) is 6.92 Å². The average molecular weight is 267 g/mol. The Kier molecular flexibility index (Phi) is 17.5. The summed E-state index contributed by atoms with van der Waals surface area (Å²) in [6.45, 7) is 2.92. The second kappa shape index (κ2) is 15.3. The fourth-order valence-electron chi connectivity index (χ4n) is 1.93. The molecule has 0 rings (SSSR count). The maximum atomic E-state index is 10.5. The molecule has 0 spiro atoms. The first-order valence-corrected chi connectivity index (χ1v) is 7.12. The molecule has 0 aliphatic carbocycles. The van der Waals surface area contributed by atoms with Crippen LogP contribution in [0.2, 0.25) is 0 Å². The predicted octanol–water partition coefficient (Wildman–Crippen LogP) is 3.87. The molecule has 0 fully saturated rings. The number of hydrogen-bond donors (Lipinski definition) is 1. The number of carboxylic acid groups (broad SMARTS) is 1. The number of amides is 1. The molecule has 4 heteroatoms. The van der Waals surface area contributed by atoms with Crippen LogP contribution in [-0.4, -0.2) is 59.2 Å². The van der Waals surface area contributed by atoms with Gasteiger partial charge in [0.2, 0.25) is 0 Å². The molecular weight excluding hydrogens is 237 g/mol. The van der Waals surface area contributed by atoms with Gasteiger partial charge in [0.05, 0.1) is 0 Å². The van der Waals surface area contributed by atoms with Crippen molar-refractivity contribution in [3.63, 3.8) is 0 Å². The molecule has 0 radical (unpaired) electrons. The summed E-state index contributed by atoms with van der Waals surface area (Å²) in [6.07, 6.45) is 12.1. The molecule has 0 atom stereocenters. The molecule has 0 aliphatic heterocycles. The third-order valence-electron chi connectivity index (χ3n) is 3.17. The van der Waals surface area contributed by atoms with Crippen LogP contribution in [0, 0.1) is 0 Å².